The highest BCUT2D eigenvalue weighted by Crippen LogP contribution is 2.26. The van der Waals surface area contributed by atoms with Crippen molar-refractivity contribution >= 4 is 16.7 Å². The van der Waals surface area contributed by atoms with Crippen molar-refractivity contribution in [2.24, 2.45) is 7.05 Å². The van der Waals surface area contributed by atoms with Gasteiger partial charge in [0.15, 0.2) is 5.76 Å². The topological polar surface area (TPSA) is 60.5 Å². The average molecular weight is 375 g/mol. The highest BCUT2D eigenvalue weighted by Gasteiger charge is 2.17. The molecular formula is C22H21N3O3. The minimum Gasteiger partial charge on any atom is -0.485 e. The lowest BCUT2D eigenvalue weighted by atomic mass is 10.1. The molecule has 0 aliphatic heterocycles. The van der Waals surface area contributed by atoms with Gasteiger partial charge in [-0.15, -0.1) is 0 Å². The molecule has 2 aromatic carbocycles. The van der Waals surface area contributed by atoms with Gasteiger partial charge in [-0.25, -0.2) is 0 Å². The summed E-state index contributed by atoms with van der Waals surface area (Å²) in [6.45, 7) is 0.713. The molecule has 0 radical (unpaired) electrons. The van der Waals surface area contributed by atoms with Gasteiger partial charge in [-0.05, 0) is 29.7 Å². The van der Waals surface area contributed by atoms with Gasteiger partial charge in [-0.1, -0.05) is 36.4 Å². The number of carbonyl (C=O) groups excluding carboxylic acids is 1. The van der Waals surface area contributed by atoms with Crippen molar-refractivity contribution in [3.63, 3.8) is 0 Å². The first kappa shape index (κ1) is 17.9. The minimum absolute atomic E-state index is 0.183. The molecule has 6 heteroatoms. The summed E-state index contributed by atoms with van der Waals surface area (Å²) in [7, 11) is 3.59. The maximum absolute atomic E-state index is 12.6. The zero-order valence-corrected chi connectivity index (χ0v) is 15.8. The smallest absolute Gasteiger partial charge is 0.289 e. The summed E-state index contributed by atoms with van der Waals surface area (Å²) in [6.07, 6.45) is 1.71. The number of amides is 1. The molecule has 2 aromatic heterocycles. The molecule has 1 amide bonds. The molecule has 0 atom stereocenters. The van der Waals surface area contributed by atoms with E-state index in [2.05, 4.69) is 5.10 Å². The summed E-state index contributed by atoms with van der Waals surface area (Å²) in [5, 5.41) is 6.28. The molecule has 0 bridgehead atoms. The molecule has 0 unspecified atom stereocenters. The van der Waals surface area contributed by atoms with Gasteiger partial charge in [0.1, 0.15) is 18.1 Å². The van der Waals surface area contributed by atoms with E-state index >= 15 is 0 Å². The van der Waals surface area contributed by atoms with E-state index in [1.807, 2.05) is 55.6 Å². The molecule has 0 saturated carbocycles. The lowest BCUT2D eigenvalue weighted by Crippen LogP contribution is -2.26. The van der Waals surface area contributed by atoms with Crippen molar-refractivity contribution in [3.05, 3.63) is 84.1 Å². The summed E-state index contributed by atoms with van der Waals surface area (Å²) in [5.41, 5.74) is 0.946. The molecule has 0 aliphatic carbocycles. The van der Waals surface area contributed by atoms with Gasteiger partial charge < -0.3 is 14.1 Å². The molecule has 4 aromatic rings. The Balaban J connectivity index is 1.42. The standard InChI is InChI=1S/C22H21N3O3/c1-24(14-17-12-13-23-25(17)2)22(26)21-11-10-18(28-21)15-27-20-9-5-7-16-6-3-4-8-19(16)20/h3-13H,14-15H2,1-2H3. The number of hydrogen-bond donors (Lipinski definition) is 0. The fourth-order valence-electron chi connectivity index (χ4n) is 3.10. The lowest BCUT2D eigenvalue weighted by molar-refractivity contribution is 0.0746. The normalized spacial score (nSPS) is 10.9. The summed E-state index contributed by atoms with van der Waals surface area (Å²) in [5.74, 6) is 1.50. The van der Waals surface area contributed by atoms with Gasteiger partial charge in [-0.2, -0.15) is 5.10 Å². The quantitative estimate of drug-likeness (QED) is 0.511. The summed E-state index contributed by atoms with van der Waals surface area (Å²) >= 11 is 0. The first-order chi connectivity index (χ1) is 13.6. The molecule has 0 aliphatic rings. The van der Waals surface area contributed by atoms with Crippen LogP contribution in [0.1, 0.15) is 22.0 Å². The van der Waals surface area contributed by atoms with E-state index in [0.29, 0.717) is 18.1 Å². The van der Waals surface area contributed by atoms with E-state index in [1.165, 1.54) is 0 Å². The SMILES string of the molecule is CN(Cc1ccnn1C)C(=O)c1ccc(COc2cccc3ccccc23)o1. The second-order valence-electron chi connectivity index (χ2n) is 6.64. The van der Waals surface area contributed by atoms with Gasteiger partial charge >= 0.3 is 0 Å². The van der Waals surface area contributed by atoms with Crippen LogP contribution in [-0.4, -0.2) is 27.6 Å². The number of fused-ring (bicyclic) bond motifs is 1. The fourth-order valence-corrected chi connectivity index (χ4v) is 3.10. The van der Waals surface area contributed by atoms with Gasteiger partial charge in [0.25, 0.3) is 5.91 Å². The highest BCUT2D eigenvalue weighted by molar-refractivity contribution is 5.91. The average Bonchev–Trinajstić information content (AvgIpc) is 3.35. The molecule has 142 valence electrons. The van der Waals surface area contributed by atoms with E-state index in [1.54, 1.807) is 35.0 Å². The molecule has 0 N–H and O–H groups in total. The number of aromatic nitrogens is 2. The molecule has 2 heterocycles. The third-order valence-electron chi connectivity index (χ3n) is 4.66. The van der Waals surface area contributed by atoms with Crippen molar-refractivity contribution in [3.8, 4) is 5.75 Å². The van der Waals surface area contributed by atoms with Gasteiger partial charge in [0.05, 0.1) is 12.2 Å². The summed E-state index contributed by atoms with van der Waals surface area (Å²) in [4.78, 5) is 14.2. The third-order valence-corrected chi connectivity index (χ3v) is 4.66. The van der Waals surface area contributed by atoms with E-state index in [0.717, 1.165) is 22.2 Å². The van der Waals surface area contributed by atoms with Crippen LogP contribution in [0.25, 0.3) is 10.8 Å². The van der Waals surface area contributed by atoms with Crippen LogP contribution >= 0.6 is 0 Å². The van der Waals surface area contributed by atoms with Crippen LogP contribution < -0.4 is 4.74 Å². The van der Waals surface area contributed by atoms with Crippen molar-refractivity contribution in [2.45, 2.75) is 13.2 Å². The molecule has 0 saturated heterocycles. The maximum atomic E-state index is 12.6. The summed E-state index contributed by atoms with van der Waals surface area (Å²) in [6, 6.07) is 19.3. The second-order valence-corrected chi connectivity index (χ2v) is 6.64. The Bertz CT molecular complexity index is 1110. The van der Waals surface area contributed by atoms with E-state index < -0.39 is 0 Å². The van der Waals surface area contributed by atoms with Crippen molar-refractivity contribution < 1.29 is 13.9 Å². The van der Waals surface area contributed by atoms with Crippen LogP contribution in [0.4, 0.5) is 0 Å². The van der Waals surface area contributed by atoms with Crippen LogP contribution in [0.5, 0.6) is 5.75 Å². The van der Waals surface area contributed by atoms with Crippen molar-refractivity contribution in [1.82, 2.24) is 14.7 Å². The lowest BCUT2D eigenvalue weighted by Gasteiger charge is -2.15. The predicted octanol–water partition coefficient (Wildman–Crippen LogP) is 4.02. The van der Waals surface area contributed by atoms with Crippen molar-refractivity contribution in [2.75, 3.05) is 7.05 Å². The van der Waals surface area contributed by atoms with E-state index in [-0.39, 0.29) is 12.5 Å². The number of carbonyl (C=O) groups is 1. The van der Waals surface area contributed by atoms with Crippen LogP contribution in [-0.2, 0) is 20.2 Å². The van der Waals surface area contributed by atoms with Crippen LogP contribution in [0.15, 0.2) is 71.3 Å². The first-order valence-corrected chi connectivity index (χ1v) is 9.03. The number of benzene rings is 2. The highest BCUT2D eigenvalue weighted by atomic mass is 16.5. The first-order valence-electron chi connectivity index (χ1n) is 9.03. The third kappa shape index (κ3) is 3.62. The number of nitrogens with zero attached hydrogens (tertiary/aromatic N) is 3. The monoisotopic (exact) mass is 375 g/mol. The molecule has 28 heavy (non-hydrogen) atoms. The van der Waals surface area contributed by atoms with E-state index in [9.17, 15) is 4.79 Å². The van der Waals surface area contributed by atoms with Crippen LogP contribution in [0, 0.1) is 0 Å². The van der Waals surface area contributed by atoms with Crippen molar-refractivity contribution in [1.29, 1.82) is 0 Å². The molecule has 0 spiro atoms. The Morgan fingerprint density at radius 1 is 1.11 bits per heavy atom. The Labute approximate surface area is 162 Å². The maximum Gasteiger partial charge on any atom is 0.289 e. The zero-order valence-electron chi connectivity index (χ0n) is 15.8. The summed E-state index contributed by atoms with van der Waals surface area (Å²) < 4.78 is 13.4. The fraction of sp³-hybridized carbons (Fsp3) is 0.182. The number of aryl methyl sites for hydroxylation is 1. The Morgan fingerprint density at radius 2 is 1.93 bits per heavy atom. The van der Waals surface area contributed by atoms with Crippen LogP contribution in [0.3, 0.4) is 0 Å². The molecular weight excluding hydrogens is 354 g/mol. The molecule has 0 fully saturated rings. The minimum atomic E-state index is -0.183. The Morgan fingerprint density at radius 3 is 2.75 bits per heavy atom. The zero-order chi connectivity index (χ0) is 19.5. The molecule has 4 rings (SSSR count). The number of ether oxygens (including phenoxy) is 1. The van der Waals surface area contributed by atoms with Gasteiger partial charge in [0, 0.05) is 25.7 Å². The van der Waals surface area contributed by atoms with Gasteiger partial charge in [0.2, 0.25) is 0 Å². The van der Waals surface area contributed by atoms with Crippen LogP contribution in [0.2, 0.25) is 0 Å². The second kappa shape index (κ2) is 7.60. The largest absolute Gasteiger partial charge is 0.485 e. The Hall–Kier alpha value is -3.54. The van der Waals surface area contributed by atoms with Gasteiger partial charge in [-0.3, -0.25) is 9.48 Å². The molecule has 6 nitrogen and oxygen atoms in total. The Kier molecular flexibility index (Phi) is 4.85. The number of furan rings is 1. The number of rotatable bonds is 6. The predicted molar refractivity (Wildman–Crippen MR) is 106 cm³/mol. The van der Waals surface area contributed by atoms with E-state index in [4.69, 9.17) is 9.15 Å². The number of hydrogen-bond acceptors (Lipinski definition) is 4.